The summed E-state index contributed by atoms with van der Waals surface area (Å²) in [5.41, 5.74) is 4.64. The lowest BCUT2D eigenvalue weighted by Gasteiger charge is -2.07. The largest absolute Gasteiger partial charge is 0.390 e. The normalized spacial score (nSPS) is 14.1. The highest BCUT2D eigenvalue weighted by molar-refractivity contribution is 7.22. The Balaban J connectivity index is 1.66. The third kappa shape index (κ3) is 2.90. The van der Waals surface area contributed by atoms with Gasteiger partial charge in [-0.3, -0.25) is 9.78 Å². The topological polar surface area (TPSA) is 75.1 Å². The summed E-state index contributed by atoms with van der Waals surface area (Å²) in [4.78, 5) is 20.7. The number of nitrogens with one attached hydrogen (secondary N) is 1. The van der Waals surface area contributed by atoms with Crippen molar-refractivity contribution in [1.29, 1.82) is 0 Å². The van der Waals surface area contributed by atoms with Crippen LogP contribution in [0.1, 0.15) is 24.1 Å². The number of thiazole rings is 1. The highest BCUT2D eigenvalue weighted by atomic mass is 32.1. The summed E-state index contributed by atoms with van der Waals surface area (Å²) in [6.07, 6.45) is 3.75. The summed E-state index contributed by atoms with van der Waals surface area (Å²) in [5, 5.41) is 12.7. The monoisotopic (exact) mass is 339 g/mol. The van der Waals surface area contributed by atoms with Crippen LogP contribution in [0.3, 0.4) is 0 Å². The molecule has 0 unspecified atom stereocenters. The standard InChI is InChI=1S/C18H17N3O2S/c1-10-6-13(9-22)19-8-14(10)12-4-5-16-15(7-12)20-18(24-16)21-17(23)11-2-3-11/h4-8,11,22H,2-3,9H2,1H3,(H,20,21,23). The summed E-state index contributed by atoms with van der Waals surface area (Å²) in [6, 6.07) is 7.97. The molecule has 1 aliphatic rings. The molecule has 0 aliphatic heterocycles. The van der Waals surface area contributed by atoms with Gasteiger partial charge in [0.2, 0.25) is 5.91 Å². The number of hydrogen-bond acceptors (Lipinski definition) is 5. The maximum Gasteiger partial charge on any atom is 0.229 e. The summed E-state index contributed by atoms with van der Waals surface area (Å²) in [6.45, 7) is 1.94. The Labute approximate surface area is 143 Å². The first kappa shape index (κ1) is 15.2. The number of carbonyl (C=O) groups excluding carboxylic acids is 1. The smallest absolute Gasteiger partial charge is 0.229 e. The first-order valence-corrected chi connectivity index (χ1v) is 8.74. The molecule has 2 aromatic heterocycles. The first-order valence-electron chi connectivity index (χ1n) is 7.92. The summed E-state index contributed by atoms with van der Waals surface area (Å²) >= 11 is 1.49. The number of pyridine rings is 1. The van der Waals surface area contributed by atoms with Crippen LogP contribution >= 0.6 is 11.3 Å². The zero-order valence-electron chi connectivity index (χ0n) is 13.2. The van der Waals surface area contributed by atoms with Crippen molar-refractivity contribution in [2.24, 2.45) is 5.92 Å². The van der Waals surface area contributed by atoms with E-state index in [2.05, 4.69) is 15.3 Å². The number of rotatable bonds is 4. The lowest BCUT2D eigenvalue weighted by Crippen LogP contribution is -2.12. The van der Waals surface area contributed by atoms with E-state index in [9.17, 15) is 9.90 Å². The van der Waals surface area contributed by atoms with E-state index in [1.54, 1.807) is 6.20 Å². The Morgan fingerprint density at radius 1 is 1.38 bits per heavy atom. The fourth-order valence-corrected chi connectivity index (χ4v) is 3.55. The summed E-state index contributed by atoms with van der Waals surface area (Å²) in [5.74, 6) is 0.250. The van der Waals surface area contributed by atoms with Gasteiger partial charge in [-0.1, -0.05) is 17.4 Å². The number of nitrogens with zero attached hydrogens (tertiary/aromatic N) is 2. The van der Waals surface area contributed by atoms with Gasteiger partial charge < -0.3 is 10.4 Å². The Kier molecular flexibility index (Phi) is 3.78. The molecule has 6 heteroatoms. The Morgan fingerprint density at radius 2 is 2.21 bits per heavy atom. The van der Waals surface area contributed by atoms with Gasteiger partial charge in [-0.05, 0) is 49.1 Å². The number of benzene rings is 1. The molecule has 3 aromatic rings. The van der Waals surface area contributed by atoms with E-state index < -0.39 is 0 Å². The van der Waals surface area contributed by atoms with Crippen molar-refractivity contribution in [1.82, 2.24) is 9.97 Å². The van der Waals surface area contributed by atoms with Crippen LogP contribution in [0.25, 0.3) is 21.3 Å². The lowest BCUT2D eigenvalue weighted by molar-refractivity contribution is -0.117. The maximum atomic E-state index is 11.9. The van der Waals surface area contributed by atoms with Gasteiger partial charge in [0.05, 0.1) is 22.5 Å². The van der Waals surface area contributed by atoms with Crippen molar-refractivity contribution in [2.45, 2.75) is 26.4 Å². The second-order valence-corrected chi connectivity index (χ2v) is 7.14. The van der Waals surface area contributed by atoms with E-state index in [0.717, 1.165) is 39.7 Å². The van der Waals surface area contributed by atoms with Crippen molar-refractivity contribution in [3.05, 3.63) is 41.7 Å². The van der Waals surface area contributed by atoms with Crippen molar-refractivity contribution < 1.29 is 9.90 Å². The van der Waals surface area contributed by atoms with Crippen LogP contribution in [0.15, 0.2) is 30.5 Å². The number of amides is 1. The molecular formula is C18H17N3O2S. The maximum absolute atomic E-state index is 11.9. The van der Waals surface area contributed by atoms with Crippen LogP contribution in [0.5, 0.6) is 0 Å². The second-order valence-electron chi connectivity index (χ2n) is 6.11. The van der Waals surface area contributed by atoms with E-state index in [1.807, 2.05) is 31.2 Å². The molecule has 122 valence electrons. The number of fused-ring (bicyclic) bond motifs is 1. The van der Waals surface area contributed by atoms with Crippen LogP contribution in [-0.4, -0.2) is 21.0 Å². The predicted molar refractivity (Wildman–Crippen MR) is 94.9 cm³/mol. The molecular weight excluding hydrogens is 322 g/mol. The zero-order chi connectivity index (χ0) is 16.7. The molecule has 24 heavy (non-hydrogen) atoms. The molecule has 1 amide bonds. The molecule has 0 saturated heterocycles. The number of aliphatic hydroxyl groups is 1. The summed E-state index contributed by atoms with van der Waals surface area (Å²) in [7, 11) is 0. The molecule has 0 atom stereocenters. The number of aryl methyl sites for hydroxylation is 1. The third-order valence-electron chi connectivity index (χ3n) is 4.21. The van der Waals surface area contributed by atoms with Gasteiger partial charge in [-0.15, -0.1) is 0 Å². The Hall–Kier alpha value is -2.31. The van der Waals surface area contributed by atoms with Crippen molar-refractivity contribution in [2.75, 3.05) is 5.32 Å². The molecule has 5 nitrogen and oxygen atoms in total. The van der Waals surface area contributed by atoms with Gasteiger partial charge in [-0.25, -0.2) is 4.98 Å². The fraction of sp³-hybridized carbons (Fsp3) is 0.278. The quantitative estimate of drug-likeness (QED) is 0.763. The minimum absolute atomic E-state index is 0.0592. The van der Waals surface area contributed by atoms with Crippen LogP contribution in [0.4, 0.5) is 5.13 Å². The minimum atomic E-state index is -0.0592. The van der Waals surface area contributed by atoms with Gasteiger partial charge in [0, 0.05) is 17.7 Å². The van der Waals surface area contributed by atoms with Gasteiger partial charge in [0.25, 0.3) is 0 Å². The predicted octanol–water partition coefficient (Wildman–Crippen LogP) is 3.51. The van der Waals surface area contributed by atoms with Crippen molar-refractivity contribution in [3.63, 3.8) is 0 Å². The van der Waals surface area contributed by atoms with E-state index in [1.165, 1.54) is 11.3 Å². The van der Waals surface area contributed by atoms with Gasteiger partial charge in [-0.2, -0.15) is 0 Å². The van der Waals surface area contributed by atoms with Crippen LogP contribution < -0.4 is 5.32 Å². The Bertz CT molecular complexity index is 931. The number of hydrogen-bond donors (Lipinski definition) is 2. The van der Waals surface area contributed by atoms with Crippen LogP contribution in [0, 0.1) is 12.8 Å². The van der Waals surface area contributed by atoms with Crippen LogP contribution in [-0.2, 0) is 11.4 Å². The number of anilines is 1. The lowest BCUT2D eigenvalue weighted by atomic mass is 10.0. The highest BCUT2D eigenvalue weighted by Crippen LogP contribution is 2.34. The average Bonchev–Trinajstić information content (AvgIpc) is 3.35. The molecule has 1 aromatic carbocycles. The number of aromatic nitrogens is 2. The van der Waals surface area contributed by atoms with Gasteiger partial charge in [0.15, 0.2) is 5.13 Å². The molecule has 1 aliphatic carbocycles. The molecule has 0 bridgehead atoms. The average molecular weight is 339 g/mol. The minimum Gasteiger partial charge on any atom is -0.390 e. The molecule has 4 rings (SSSR count). The number of aliphatic hydroxyl groups excluding tert-OH is 1. The zero-order valence-corrected chi connectivity index (χ0v) is 14.1. The first-order chi connectivity index (χ1) is 11.6. The Morgan fingerprint density at radius 3 is 2.92 bits per heavy atom. The van der Waals surface area contributed by atoms with Crippen molar-refractivity contribution in [3.8, 4) is 11.1 Å². The molecule has 2 heterocycles. The van der Waals surface area contributed by atoms with E-state index >= 15 is 0 Å². The molecule has 1 fully saturated rings. The molecule has 0 spiro atoms. The fourth-order valence-electron chi connectivity index (χ4n) is 2.70. The van der Waals surface area contributed by atoms with Gasteiger partial charge >= 0.3 is 0 Å². The molecule has 1 saturated carbocycles. The van der Waals surface area contributed by atoms with E-state index in [4.69, 9.17) is 0 Å². The second kappa shape index (κ2) is 5.96. The molecule has 2 N–H and O–H groups in total. The van der Waals surface area contributed by atoms with Crippen LogP contribution in [0.2, 0.25) is 0 Å². The SMILES string of the molecule is Cc1cc(CO)ncc1-c1ccc2sc(NC(=O)C3CC3)nc2c1. The van der Waals surface area contributed by atoms with Crippen molar-refractivity contribution >= 4 is 32.6 Å². The molecule has 0 radical (unpaired) electrons. The third-order valence-corrected chi connectivity index (χ3v) is 5.16. The number of carbonyl (C=O) groups is 1. The van der Waals surface area contributed by atoms with Gasteiger partial charge in [0.1, 0.15) is 0 Å². The summed E-state index contributed by atoms with van der Waals surface area (Å²) < 4.78 is 1.04. The van der Waals surface area contributed by atoms with E-state index in [-0.39, 0.29) is 18.4 Å². The van der Waals surface area contributed by atoms with E-state index in [0.29, 0.717) is 10.8 Å². The highest BCUT2D eigenvalue weighted by Gasteiger charge is 2.30.